The van der Waals surface area contributed by atoms with E-state index in [0.717, 1.165) is 11.1 Å². The van der Waals surface area contributed by atoms with Gasteiger partial charge in [-0.25, -0.2) is 8.42 Å². The van der Waals surface area contributed by atoms with E-state index in [9.17, 15) is 13.2 Å². The minimum Gasteiger partial charge on any atom is -0.379 e. The van der Waals surface area contributed by atoms with Crippen molar-refractivity contribution in [3.63, 3.8) is 0 Å². The molecule has 1 fully saturated rings. The Labute approximate surface area is 172 Å². The number of ether oxygens (including phenoxy) is 1. The van der Waals surface area contributed by atoms with Gasteiger partial charge in [0, 0.05) is 18.7 Å². The number of sulfonamides is 1. The zero-order valence-electron chi connectivity index (χ0n) is 17.1. The molecule has 0 unspecified atom stereocenters. The van der Waals surface area contributed by atoms with Crippen LogP contribution in [-0.2, 0) is 14.8 Å². The Morgan fingerprint density at radius 1 is 1.07 bits per heavy atom. The number of carbonyl (C=O) groups is 1. The van der Waals surface area contributed by atoms with Crippen molar-refractivity contribution in [3.05, 3.63) is 65.2 Å². The molecule has 0 saturated carbocycles. The van der Waals surface area contributed by atoms with Gasteiger partial charge in [0.15, 0.2) is 0 Å². The summed E-state index contributed by atoms with van der Waals surface area (Å²) in [5.41, 5.74) is 2.13. The highest BCUT2D eigenvalue weighted by molar-refractivity contribution is 7.89. The summed E-state index contributed by atoms with van der Waals surface area (Å²) >= 11 is 0. The third-order valence-corrected chi connectivity index (χ3v) is 7.07. The Hall–Kier alpha value is -2.22. The summed E-state index contributed by atoms with van der Waals surface area (Å²) in [7, 11) is -3.66. The summed E-state index contributed by atoms with van der Waals surface area (Å²) in [5.74, 6) is -0.0917. The molecule has 0 bridgehead atoms. The normalized spacial score (nSPS) is 16.6. The second kappa shape index (κ2) is 9.07. The summed E-state index contributed by atoms with van der Waals surface area (Å²) in [6.45, 7) is 7.31. The van der Waals surface area contributed by atoms with Gasteiger partial charge in [0.1, 0.15) is 0 Å². The van der Waals surface area contributed by atoms with Gasteiger partial charge in [0.2, 0.25) is 10.0 Å². The highest BCUT2D eigenvalue weighted by Crippen LogP contribution is 2.24. The van der Waals surface area contributed by atoms with Crippen LogP contribution in [0.3, 0.4) is 0 Å². The van der Waals surface area contributed by atoms with E-state index in [1.807, 2.05) is 51.1 Å². The molecule has 1 N–H and O–H groups in total. The van der Waals surface area contributed by atoms with Crippen molar-refractivity contribution in [2.24, 2.45) is 5.92 Å². The SMILES string of the molecule is Cc1ccc(S(=O)(=O)N2CCOCC2)cc1C(=O)N[C@@H](c1ccccc1)C(C)C. The maximum atomic E-state index is 13.1. The van der Waals surface area contributed by atoms with E-state index in [4.69, 9.17) is 4.74 Å². The highest BCUT2D eigenvalue weighted by atomic mass is 32.2. The molecule has 1 aliphatic heterocycles. The minimum atomic E-state index is -3.66. The molecule has 0 radical (unpaired) electrons. The first-order valence-corrected chi connectivity index (χ1v) is 11.3. The lowest BCUT2D eigenvalue weighted by Crippen LogP contribution is -2.40. The first-order valence-electron chi connectivity index (χ1n) is 9.85. The van der Waals surface area contributed by atoms with Crippen molar-refractivity contribution in [1.82, 2.24) is 9.62 Å². The van der Waals surface area contributed by atoms with Gasteiger partial charge >= 0.3 is 0 Å². The molecule has 0 spiro atoms. The first kappa shape index (κ1) is 21.5. The lowest BCUT2D eigenvalue weighted by atomic mass is 9.95. The third kappa shape index (κ3) is 4.86. The molecule has 1 amide bonds. The van der Waals surface area contributed by atoms with Gasteiger partial charge in [0.05, 0.1) is 24.2 Å². The number of hydrogen-bond acceptors (Lipinski definition) is 4. The van der Waals surface area contributed by atoms with Gasteiger partial charge in [0.25, 0.3) is 5.91 Å². The van der Waals surface area contributed by atoms with Crippen LogP contribution in [0.15, 0.2) is 53.4 Å². The Morgan fingerprint density at radius 3 is 2.34 bits per heavy atom. The Kier molecular flexibility index (Phi) is 6.72. The van der Waals surface area contributed by atoms with E-state index in [-0.39, 0.29) is 22.8 Å². The predicted molar refractivity (Wildman–Crippen MR) is 112 cm³/mol. The molecule has 1 atom stereocenters. The van der Waals surface area contributed by atoms with Crippen LogP contribution in [-0.4, -0.2) is 44.9 Å². The fourth-order valence-corrected chi connectivity index (χ4v) is 4.89. The van der Waals surface area contributed by atoms with Crippen molar-refractivity contribution < 1.29 is 17.9 Å². The fraction of sp³-hybridized carbons (Fsp3) is 0.409. The molecule has 6 nitrogen and oxygen atoms in total. The molecule has 29 heavy (non-hydrogen) atoms. The van der Waals surface area contributed by atoms with Crippen molar-refractivity contribution in [2.75, 3.05) is 26.3 Å². The molecule has 1 aliphatic rings. The molecular weight excluding hydrogens is 388 g/mol. The number of aryl methyl sites for hydroxylation is 1. The zero-order valence-corrected chi connectivity index (χ0v) is 17.9. The number of amides is 1. The summed E-state index contributed by atoms with van der Waals surface area (Å²) in [6, 6.07) is 14.4. The smallest absolute Gasteiger partial charge is 0.252 e. The number of benzene rings is 2. The highest BCUT2D eigenvalue weighted by Gasteiger charge is 2.28. The predicted octanol–water partition coefficient (Wildman–Crippen LogP) is 3.14. The van der Waals surface area contributed by atoms with Gasteiger partial charge in [-0.1, -0.05) is 50.2 Å². The first-order chi connectivity index (χ1) is 13.8. The fourth-order valence-electron chi connectivity index (χ4n) is 3.46. The lowest BCUT2D eigenvalue weighted by molar-refractivity contribution is 0.0730. The van der Waals surface area contributed by atoms with Crippen LogP contribution in [0.5, 0.6) is 0 Å². The molecule has 2 aromatic carbocycles. The van der Waals surface area contributed by atoms with Gasteiger partial charge < -0.3 is 10.1 Å². The average molecular weight is 417 g/mol. The molecule has 1 heterocycles. The molecular formula is C22H28N2O4S. The second-order valence-corrected chi connectivity index (χ2v) is 9.54. The van der Waals surface area contributed by atoms with Crippen LogP contribution in [0.1, 0.15) is 41.4 Å². The summed E-state index contributed by atoms with van der Waals surface area (Å²) < 4.78 is 32.6. The standard InChI is InChI=1S/C22H28N2O4S/c1-16(2)21(18-7-5-4-6-8-18)23-22(25)20-15-19(10-9-17(20)3)29(26,27)24-11-13-28-14-12-24/h4-10,15-16,21H,11-14H2,1-3H3,(H,23,25)/t21-/m1/s1. The van der Waals surface area contributed by atoms with E-state index in [2.05, 4.69) is 5.32 Å². The number of morpholine rings is 1. The van der Waals surface area contributed by atoms with Crippen molar-refractivity contribution >= 4 is 15.9 Å². The molecule has 156 valence electrons. The van der Waals surface area contributed by atoms with Crippen LogP contribution in [0.4, 0.5) is 0 Å². The number of nitrogens with one attached hydrogen (secondary N) is 1. The van der Waals surface area contributed by atoms with Crippen LogP contribution < -0.4 is 5.32 Å². The lowest BCUT2D eigenvalue weighted by Gasteiger charge is -2.26. The quantitative estimate of drug-likeness (QED) is 0.785. The Bertz CT molecular complexity index is 952. The van der Waals surface area contributed by atoms with Crippen LogP contribution in [0.2, 0.25) is 0 Å². The molecule has 0 aromatic heterocycles. The van der Waals surface area contributed by atoms with Crippen LogP contribution in [0, 0.1) is 12.8 Å². The summed E-state index contributed by atoms with van der Waals surface area (Å²) in [4.78, 5) is 13.2. The molecule has 0 aliphatic carbocycles. The maximum absolute atomic E-state index is 13.1. The number of rotatable bonds is 6. The van der Waals surface area contributed by atoms with E-state index in [1.165, 1.54) is 10.4 Å². The monoisotopic (exact) mass is 416 g/mol. The number of carbonyl (C=O) groups excluding carboxylic acids is 1. The summed E-state index contributed by atoms with van der Waals surface area (Å²) in [6.07, 6.45) is 0. The Balaban J connectivity index is 1.88. The topological polar surface area (TPSA) is 75.7 Å². The third-order valence-electron chi connectivity index (χ3n) is 5.17. The van der Waals surface area contributed by atoms with Crippen LogP contribution >= 0.6 is 0 Å². The van der Waals surface area contributed by atoms with E-state index >= 15 is 0 Å². The van der Waals surface area contributed by atoms with E-state index in [1.54, 1.807) is 12.1 Å². The second-order valence-electron chi connectivity index (χ2n) is 7.60. The van der Waals surface area contributed by atoms with Gasteiger partial charge in [-0.15, -0.1) is 0 Å². The van der Waals surface area contributed by atoms with Gasteiger partial charge in [-0.05, 0) is 36.1 Å². The number of nitrogens with zero attached hydrogens (tertiary/aromatic N) is 1. The average Bonchev–Trinajstić information content (AvgIpc) is 2.73. The van der Waals surface area contributed by atoms with E-state index < -0.39 is 10.0 Å². The zero-order chi connectivity index (χ0) is 21.0. The maximum Gasteiger partial charge on any atom is 0.252 e. The minimum absolute atomic E-state index is 0.135. The van der Waals surface area contributed by atoms with Crippen molar-refractivity contribution in [2.45, 2.75) is 31.7 Å². The molecule has 3 rings (SSSR count). The van der Waals surface area contributed by atoms with Crippen molar-refractivity contribution in [3.8, 4) is 0 Å². The molecule has 1 saturated heterocycles. The van der Waals surface area contributed by atoms with E-state index in [0.29, 0.717) is 31.9 Å². The summed E-state index contributed by atoms with van der Waals surface area (Å²) in [5, 5.41) is 3.08. The van der Waals surface area contributed by atoms with Crippen LogP contribution in [0.25, 0.3) is 0 Å². The molecule has 7 heteroatoms. The largest absolute Gasteiger partial charge is 0.379 e. The molecule has 2 aromatic rings. The van der Waals surface area contributed by atoms with Gasteiger partial charge in [-0.3, -0.25) is 4.79 Å². The van der Waals surface area contributed by atoms with Gasteiger partial charge in [-0.2, -0.15) is 4.31 Å². The van der Waals surface area contributed by atoms with Crippen molar-refractivity contribution in [1.29, 1.82) is 0 Å². The number of hydrogen-bond donors (Lipinski definition) is 1. The Morgan fingerprint density at radius 2 is 1.72 bits per heavy atom.